The molecule has 0 aliphatic heterocycles. The van der Waals surface area contributed by atoms with Crippen molar-refractivity contribution in [3.8, 4) is 0 Å². The molecule has 1 aliphatic rings. The Morgan fingerprint density at radius 1 is 1.30 bits per heavy atom. The van der Waals surface area contributed by atoms with Crippen molar-refractivity contribution in [2.45, 2.75) is 45.8 Å². The van der Waals surface area contributed by atoms with Gasteiger partial charge in [0.15, 0.2) is 5.58 Å². The Balaban J connectivity index is 1.62. The van der Waals surface area contributed by atoms with E-state index in [1.54, 1.807) is 6.07 Å². The van der Waals surface area contributed by atoms with Gasteiger partial charge in [0.2, 0.25) is 5.89 Å². The highest BCUT2D eigenvalue weighted by molar-refractivity contribution is 5.76. The number of ether oxygens (including phenoxy) is 1. The van der Waals surface area contributed by atoms with Crippen LogP contribution in [-0.2, 0) is 11.3 Å². The molecule has 1 aromatic carbocycles. The first kappa shape index (κ1) is 13.4. The molecule has 2 N–H and O–H groups in total. The van der Waals surface area contributed by atoms with Crippen molar-refractivity contribution in [2.24, 2.45) is 11.8 Å². The van der Waals surface area contributed by atoms with Gasteiger partial charge in [-0.05, 0) is 43.2 Å². The number of rotatable bonds is 3. The van der Waals surface area contributed by atoms with E-state index in [1.807, 2.05) is 12.1 Å². The minimum atomic E-state index is 0.335. The van der Waals surface area contributed by atoms with Gasteiger partial charge in [-0.15, -0.1) is 0 Å². The van der Waals surface area contributed by atoms with Crippen LogP contribution in [0.3, 0.4) is 0 Å². The van der Waals surface area contributed by atoms with E-state index in [0.29, 0.717) is 24.3 Å². The number of oxazole rings is 1. The molecule has 3 atom stereocenters. The van der Waals surface area contributed by atoms with Gasteiger partial charge in [0, 0.05) is 11.8 Å². The van der Waals surface area contributed by atoms with Crippen LogP contribution in [0.2, 0.25) is 0 Å². The molecule has 0 bridgehead atoms. The molecule has 3 unspecified atom stereocenters. The van der Waals surface area contributed by atoms with Gasteiger partial charge in [0.25, 0.3) is 0 Å². The fraction of sp³-hybridized carbons (Fsp3) is 0.562. The van der Waals surface area contributed by atoms with Gasteiger partial charge in [0.1, 0.15) is 12.1 Å². The predicted octanol–water partition coefficient (Wildman–Crippen LogP) is 3.75. The number of fused-ring (bicyclic) bond motifs is 1. The number of nitrogens with zero attached hydrogens (tertiary/aromatic N) is 1. The monoisotopic (exact) mass is 274 g/mol. The summed E-state index contributed by atoms with van der Waals surface area (Å²) in [5.74, 6) is 2.18. The maximum absolute atomic E-state index is 5.96. The highest BCUT2D eigenvalue weighted by atomic mass is 16.5. The molecular formula is C16H22N2O2. The largest absolute Gasteiger partial charge is 0.438 e. The topological polar surface area (TPSA) is 61.3 Å². The number of hydrogen-bond donors (Lipinski definition) is 1. The van der Waals surface area contributed by atoms with Crippen LogP contribution in [0.4, 0.5) is 5.69 Å². The summed E-state index contributed by atoms with van der Waals surface area (Å²) in [4.78, 5) is 4.42. The first-order chi connectivity index (χ1) is 9.61. The molecule has 0 radical (unpaired) electrons. The van der Waals surface area contributed by atoms with Crippen LogP contribution >= 0.6 is 0 Å². The number of nitrogen functional groups attached to an aromatic ring is 1. The molecule has 0 amide bonds. The van der Waals surface area contributed by atoms with E-state index in [2.05, 4.69) is 18.8 Å². The lowest BCUT2D eigenvalue weighted by atomic mass is 9.80. The zero-order valence-electron chi connectivity index (χ0n) is 12.1. The number of anilines is 1. The number of nitrogens with two attached hydrogens (primary N) is 1. The van der Waals surface area contributed by atoms with Crippen molar-refractivity contribution in [1.29, 1.82) is 0 Å². The molecule has 108 valence electrons. The average molecular weight is 274 g/mol. The van der Waals surface area contributed by atoms with Crippen LogP contribution in [0, 0.1) is 11.8 Å². The number of aromatic nitrogens is 1. The third-order valence-corrected chi connectivity index (χ3v) is 4.45. The summed E-state index contributed by atoms with van der Waals surface area (Å²) in [7, 11) is 0. The second kappa shape index (κ2) is 5.44. The van der Waals surface area contributed by atoms with Crippen LogP contribution in [-0.4, -0.2) is 11.1 Å². The van der Waals surface area contributed by atoms with Crippen molar-refractivity contribution in [2.75, 3.05) is 5.73 Å². The minimum Gasteiger partial charge on any atom is -0.438 e. The Bertz CT molecular complexity index is 593. The maximum Gasteiger partial charge on any atom is 0.221 e. The van der Waals surface area contributed by atoms with E-state index in [0.717, 1.165) is 35.8 Å². The molecule has 2 aromatic rings. The SMILES string of the molecule is CC1CCC(OCc2nc3ccc(N)cc3o2)CC1C. The third-order valence-electron chi connectivity index (χ3n) is 4.45. The first-order valence-corrected chi connectivity index (χ1v) is 7.38. The summed E-state index contributed by atoms with van der Waals surface area (Å²) in [5, 5.41) is 0. The fourth-order valence-corrected chi connectivity index (χ4v) is 2.89. The fourth-order valence-electron chi connectivity index (χ4n) is 2.89. The van der Waals surface area contributed by atoms with Crippen LogP contribution in [0.1, 0.15) is 39.0 Å². The van der Waals surface area contributed by atoms with Crippen molar-refractivity contribution >= 4 is 16.8 Å². The van der Waals surface area contributed by atoms with E-state index in [4.69, 9.17) is 14.9 Å². The average Bonchev–Trinajstić information content (AvgIpc) is 2.82. The van der Waals surface area contributed by atoms with Gasteiger partial charge in [-0.3, -0.25) is 0 Å². The molecule has 0 spiro atoms. The Hall–Kier alpha value is -1.55. The molecule has 0 saturated heterocycles. The van der Waals surface area contributed by atoms with Gasteiger partial charge in [-0.25, -0.2) is 4.98 Å². The molecule has 4 nitrogen and oxygen atoms in total. The summed E-state index contributed by atoms with van der Waals surface area (Å²) in [6.07, 6.45) is 3.85. The molecule has 4 heteroatoms. The van der Waals surface area contributed by atoms with Crippen molar-refractivity contribution in [3.05, 3.63) is 24.1 Å². The van der Waals surface area contributed by atoms with Gasteiger partial charge < -0.3 is 14.9 Å². The highest BCUT2D eigenvalue weighted by Crippen LogP contribution is 2.31. The smallest absolute Gasteiger partial charge is 0.221 e. The summed E-state index contributed by atoms with van der Waals surface area (Å²) in [5.41, 5.74) is 7.99. The second-order valence-electron chi connectivity index (χ2n) is 6.04. The summed E-state index contributed by atoms with van der Waals surface area (Å²) < 4.78 is 11.6. The minimum absolute atomic E-state index is 0.335. The van der Waals surface area contributed by atoms with E-state index < -0.39 is 0 Å². The quantitative estimate of drug-likeness (QED) is 0.866. The van der Waals surface area contributed by atoms with Crippen molar-refractivity contribution in [3.63, 3.8) is 0 Å². The Morgan fingerprint density at radius 3 is 2.95 bits per heavy atom. The molecule has 1 saturated carbocycles. The van der Waals surface area contributed by atoms with Gasteiger partial charge in [0.05, 0.1) is 6.10 Å². The lowest BCUT2D eigenvalue weighted by Crippen LogP contribution is -2.26. The lowest BCUT2D eigenvalue weighted by molar-refractivity contribution is -0.0152. The molecule has 1 fully saturated rings. The zero-order valence-corrected chi connectivity index (χ0v) is 12.1. The normalized spacial score (nSPS) is 27.0. The number of benzene rings is 1. The lowest BCUT2D eigenvalue weighted by Gasteiger charge is -2.31. The molecule has 1 aromatic heterocycles. The Morgan fingerprint density at radius 2 is 2.15 bits per heavy atom. The molecular weight excluding hydrogens is 252 g/mol. The van der Waals surface area contributed by atoms with Crippen LogP contribution in [0.5, 0.6) is 0 Å². The van der Waals surface area contributed by atoms with Gasteiger partial charge in [-0.2, -0.15) is 0 Å². The molecule has 3 rings (SSSR count). The summed E-state index contributed by atoms with van der Waals surface area (Å²) >= 11 is 0. The van der Waals surface area contributed by atoms with Crippen molar-refractivity contribution in [1.82, 2.24) is 4.98 Å². The van der Waals surface area contributed by atoms with E-state index in [9.17, 15) is 0 Å². The summed E-state index contributed by atoms with van der Waals surface area (Å²) in [6.45, 7) is 5.08. The Kier molecular flexibility index (Phi) is 3.66. The standard InChI is InChI=1S/C16H22N2O2/c1-10-3-5-13(7-11(10)2)19-9-16-18-14-6-4-12(17)8-15(14)20-16/h4,6,8,10-11,13H,3,5,7,9,17H2,1-2H3. The second-order valence-corrected chi connectivity index (χ2v) is 6.04. The van der Waals surface area contributed by atoms with Gasteiger partial charge >= 0.3 is 0 Å². The first-order valence-electron chi connectivity index (χ1n) is 7.38. The molecule has 1 aliphatic carbocycles. The van der Waals surface area contributed by atoms with Crippen LogP contribution < -0.4 is 5.73 Å². The van der Waals surface area contributed by atoms with Gasteiger partial charge in [-0.1, -0.05) is 13.8 Å². The number of hydrogen-bond acceptors (Lipinski definition) is 4. The summed E-state index contributed by atoms with van der Waals surface area (Å²) in [6, 6.07) is 5.51. The zero-order chi connectivity index (χ0) is 14.1. The van der Waals surface area contributed by atoms with E-state index in [1.165, 1.54) is 6.42 Å². The van der Waals surface area contributed by atoms with E-state index >= 15 is 0 Å². The van der Waals surface area contributed by atoms with Crippen molar-refractivity contribution < 1.29 is 9.15 Å². The van der Waals surface area contributed by atoms with Crippen LogP contribution in [0.25, 0.3) is 11.1 Å². The van der Waals surface area contributed by atoms with E-state index in [-0.39, 0.29) is 0 Å². The molecule has 1 heterocycles. The predicted molar refractivity (Wildman–Crippen MR) is 79.2 cm³/mol. The maximum atomic E-state index is 5.96. The molecule has 20 heavy (non-hydrogen) atoms. The third kappa shape index (κ3) is 2.80. The van der Waals surface area contributed by atoms with Crippen LogP contribution in [0.15, 0.2) is 22.6 Å². The highest BCUT2D eigenvalue weighted by Gasteiger charge is 2.25. The Labute approximate surface area is 119 Å².